The van der Waals surface area contributed by atoms with Crippen molar-refractivity contribution in [2.24, 2.45) is 13.0 Å². The van der Waals surface area contributed by atoms with Gasteiger partial charge in [-0.05, 0) is 131 Å². The summed E-state index contributed by atoms with van der Waals surface area (Å²) >= 11 is 12.8. The minimum atomic E-state index is -1.32. The van der Waals surface area contributed by atoms with Crippen molar-refractivity contribution < 1.29 is 33.1 Å². The number of nitrogens with one attached hydrogen (secondary N) is 4. The summed E-state index contributed by atoms with van der Waals surface area (Å²) < 4.78 is 25.4. The quantitative estimate of drug-likeness (QED) is 0.103. The number of fused-ring (bicyclic) bond motifs is 4. The van der Waals surface area contributed by atoms with Crippen molar-refractivity contribution in [1.29, 1.82) is 0 Å². The number of piperidine rings is 2. The highest BCUT2D eigenvalue weighted by Crippen LogP contribution is 2.63. The molecule has 6 aliphatic rings. The molecule has 3 saturated heterocycles. The van der Waals surface area contributed by atoms with Gasteiger partial charge in [-0.3, -0.25) is 48.6 Å². The minimum absolute atomic E-state index is 0.0799. The maximum Gasteiger partial charge on any atom is 0.329 e. The molecule has 2 spiro atoms. The number of hydrogen-bond donors (Lipinski definition) is 4. The minimum Gasteiger partial charge on any atom is -0.461 e. The zero-order valence-electron chi connectivity index (χ0n) is 38.4. The lowest BCUT2D eigenvalue weighted by molar-refractivity contribution is -0.155. The molecule has 5 fully saturated rings. The number of imidazole rings is 1. The van der Waals surface area contributed by atoms with Crippen LogP contribution in [0.5, 0.6) is 0 Å². The van der Waals surface area contributed by atoms with Gasteiger partial charge < -0.3 is 15.4 Å². The topological polar surface area (TPSA) is 173 Å². The third kappa shape index (κ3) is 7.94. The summed E-state index contributed by atoms with van der Waals surface area (Å²) in [6, 6.07) is 14.2. The second-order valence-corrected chi connectivity index (χ2v) is 21.0. The SMILES string of the molecule is C[C@@H](CN1CCC(c2ccc3c(c2)n(C)c(=O)n3C2CCC(=O)NC2=O)CC1)OC(=O)C1CCC(NC(=O)[C@@H]2NC3(CCCCC3)[C@@]3(C(=O)Nc4cc(Cl)ccc43)[C@H]2c2cccc(Cl)c2F)CC1. The van der Waals surface area contributed by atoms with Gasteiger partial charge in [-0.2, -0.15) is 0 Å². The zero-order chi connectivity index (χ0) is 47.6. The van der Waals surface area contributed by atoms with E-state index in [1.165, 1.54) is 10.6 Å². The fourth-order valence-corrected chi connectivity index (χ4v) is 13.3. The first-order valence-electron chi connectivity index (χ1n) is 24.3. The number of likely N-dealkylation sites (tertiary alicyclic amines) is 1. The number of benzene rings is 3. The molecule has 4 N–H and O–H groups in total. The molecule has 68 heavy (non-hydrogen) atoms. The van der Waals surface area contributed by atoms with Crippen molar-refractivity contribution in [1.82, 2.24) is 30.0 Å². The number of rotatable bonds is 9. The summed E-state index contributed by atoms with van der Waals surface area (Å²) in [5.74, 6) is -3.21. The molecule has 5 heterocycles. The van der Waals surface area contributed by atoms with E-state index in [4.69, 9.17) is 27.9 Å². The number of carbonyl (C=O) groups excluding carboxylic acids is 5. The van der Waals surface area contributed by atoms with Crippen LogP contribution in [0.25, 0.3) is 11.0 Å². The maximum atomic E-state index is 16.3. The molecule has 3 aromatic carbocycles. The van der Waals surface area contributed by atoms with E-state index < -0.39 is 40.7 Å². The van der Waals surface area contributed by atoms with Crippen molar-refractivity contribution in [3.8, 4) is 0 Å². The number of amides is 4. The van der Waals surface area contributed by atoms with Crippen LogP contribution < -0.4 is 27.0 Å². The summed E-state index contributed by atoms with van der Waals surface area (Å²) in [5.41, 5.74) is 1.58. The van der Waals surface area contributed by atoms with E-state index in [2.05, 4.69) is 26.2 Å². The fourth-order valence-electron chi connectivity index (χ4n) is 13.0. The van der Waals surface area contributed by atoms with Crippen molar-refractivity contribution in [2.45, 2.75) is 137 Å². The first-order valence-corrected chi connectivity index (χ1v) is 25.1. The Hall–Kier alpha value is -5.09. The molecule has 1 aromatic heterocycles. The molecule has 4 aliphatic heterocycles. The lowest BCUT2D eigenvalue weighted by Crippen LogP contribution is -2.60. The molecular formula is C51H58Cl2FN7O7. The van der Waals surface area contributed by atoms with E-state index in [0.717, 1.165) is 56.3 Å². The number of anilines is 1. The van der Waals surface area contributed by atoms with Gasteiger partial charge >= 0.3 is 11.7 Å². The number of esters is 1. The zero-order valence-corrected chi connectivity index (χ0v) is 39.9. The number of halogens is 3. The highest BCUT2D eigenvalue weighted by Gasteiger charge is 2.72. The monoisotopic (exact) mass is 969 g/mol. The molecule has 1 unspecified atom stereocenters. The first kappa shape index (κ1) is 46.6. The van der Waals surface area contributed by atoms with Crippen LogP contribution >= 0.6 is 23.2 Å². The number of ether oxygens (including phenoxy) is 1. The normalized spacial score (nSPS) is 27.8. The standard InChI is InChI=1S/C51H58Cl2FN7O7/c1-28(27-60-23-19-29(20-24-60)31-11-16-38-40(25-31)59(2)49(67)61(38)39-17-18-41(62)57-45(39)63)68-47(65)30-9-13-33(14-10-30)55-46(64)44-42(34-7-6-8-36(53)43(34)54)51(50(58-44)21-4-3-5-22-50)35-15-12-32(52)26-37(35)56-48(51)66/h6-8,11-12,15-16,25-26,28-30,33,39,42,44,58H,3-5,9-10,13-14,17-24,27H2,1-2H3,(H,55,64)(H,56,66)(H,57,62,63)/t28-,30?,33?,39?,42-,44+,51+/m0/s1. The first-order chi connectivity index (χ1) is 32.7. The molecule has 2 saturated carbocycles. The summed E-state index contributed by atoms with van der Waals surface area (Å²) in [5, 5.41) is 12.8. The predicted molar refractivity (Wildman–Crippen MR) is 255 cm³/mol. The molecule has 0 radical (unpaired) electrons. The summed E-state index contributed by atoms with van der Waals surface area (Å²) in [4.78, 5) is 83.0. The summed E-state index contributed by atoms with van der Waals surface area (Å²) in [7, 11) is 1.71. The molecule has 17 heteroatoms. The average Bonchev–Trinajstić information content (AvgIpc) is 3.87. The molecule has 2 aliphatic carbocycles. The van der Waals surface area contributed by atoms with Crippen molar-refractivity contribution >= 4 is 69.5 Å². The summed E-state index contributed by atoms with van der Waals surface area (Å²) in [6.07, 6.45) is 8.10. The second-order valence-electron chi connectivity index (χ2n) is 20.1. The third-order valence-corrected chi connectivity index (χ3v) is 16.8. The maximum absolute atomic E-state index is 16.3. The van der Waals surface area contributed by atoms with Gasteiger partial charge in [0.2, 0.25) is 23.6 Å². The Kier molecular flexibility index (Phi) is 12.6. The van der Waals surface area contributed by atoms with E-state index in [0.29, 0.717) is 66.9 Å². The Balaban J connectivity index is 0.755. The number of hydrogen-bond acceptors (Lipinski definition) is 9. The molecule has 5 atom stereocenters. The largest absolute Gasteiger partial charge is 0.461 e. The summed E-state index contributed by atoms with van der Waals surface area (Å²) in [6.45, 7) is 4.17. The van der Waals surface area contributed by atoms with Crippen LogP contribution in [0.1, 0.15) is 125 Å². The van der Waals surface area contributed by atoms with Gasteiger partial charge in [0.15, 0.2) is 0 Å². The van der Waals surface area contributed by atoms with E-state index in [1.807, 2.05) is 31.2 Å². The van der Waals surface area contributed by atoms with Gasteiger partial charge in [-0.15, -0.1) is 0 Å². The van der Waals surface area contributed by atoms with Crippen LogP contribution in [-0.4, -0.2) is 87.0 Å². The number of imide groups is 1. The van der Waals surface area contributed by atoms with Gasteiger partial charge in [-0.25, -0.2) is 9.18 Å². The van der Waals surface area contributed by atoms with Crippen molar-refractivity contribution in [2.75, 3.05) is 25.0 Å². The molecule has 4 aromatic rings. The average molecular weight is 971 g/mol. The highest BCUT2D eigenvalue weighted by atomic mass is 35.5. The second kappa shape index (κ2) is 18.3. The van der Waals surface area contributed by atoms with Gasteiger partial charge in [0, 0.05) is 48.2 Å². The predicted octanol–water partition coefficient (Wildman–Crippen LogP) is 6.90. The van der Waals surface area contributed by atoms with Crippen LogP contribution in [0.2, 0.25) is 10.0 Å². The van der Waals surface area contributed by atoms with Gasteiger partial charge in [0.1, 0.15) is 23.4 Å². The smallest absolute Gasteiger partial charge is 0.329 e. The molecule has 10 rings (SSSR count). The van der Waals surface area contributed by atoms with E-state index >= 15 is 4.39 Å². The number of aromatic nitrogens is 2. The lowest BCUT2D eigenvalue weighted by atomic mass is 9.55. The number of carbonyl (C=O) groups is 5. The van der Waals surface area contributed by atoms with E-state index in [9.17, 15) is 28.8 Å². The molecule has 360 valence electrons. The highest BCUT2D eigenvalue weighted by molar-refractivity contribution is 6.31. The van der Waals surface area contributed by atoms with E-state index in [-0.39, 0.29) is 76.8 Å². The fraction of sp³-hybridized carbons (Fsp3) is 0.529. The number of aryl methyl sites for hydroxylation is 1. The van der Waals surface area contributed by atoms with Crippen LogP contribution in [-0.2, 0) is 41.2 Å². The van der Waals surface area contributed by atoms with Crippen LogP contribution in [0, 0.1) is 11.7 Å². The Labute approximate surface area is 404 Å². The van der Waals surface area contributed by atoms with Crippen molar-refractivity contribution in [3.63, 3.8) is 0 Å². The van der Waals surface area contributed by atoms with Crippen LogP contribution in [0.15, 0.2) is 59.4 Å². The van der Waals surface area contributed by atoms with Gasteiger partial charge in [0.05, 0.1) is 28.0 Å². The Bertz CT molecular complexity index is 2760. The van der Waals surface area contributed by atoms with Crippen molar-refractivity contribution in [3.05, 3.63) is 97.6 Å². The molecule has 4 amide bonds. The van der Waals surface area contributed by atoms with Gasteiger partial charge in [-0.1, -0.05) is 66.7 Å². The third-order valence-electron chi connectivity index (χ3n) is 16.2. The molecular weight excluding hydrogens is 913 g/mol. The van der Waals surface area contributed by atoms with Crippen LogP contribution in [0.4, 0.5) is 10.1 Å². The van der Waals surface area contributed by atoms with E-state index in [1.54, 1.807) is 35.9 Å². The Morgan fingerprint density at radius 1 is 0.897 bits per heavy atom. The molecule has 14 nitrogen and oxygen atoms in total. The molecule has 0 bridgehead atoms. The Morgan fingerprint density at radius 2 is 1.65 bits per heavy atom. The Morgan fingerprint density at radius 3 is 2.38 bits per heavy atom. The lowest BCUT2D eigenvalue weighted by Gasteiger charge is -2.47. The van der Waals surface area contributed by atoms with Crippen LogP contribution in [0.3, 0.4) is 0 Å². The van der Waals surface area contributed by atoms with Gasteiger partial charge in [0.25, 0.3) is 0 Å². The number of nitrogens with zero attached hydrogens (tertiary/aromatic N) is 3.